The molecule has 0 radical (unpaired) electrons. The molecule has 7 heteroatoms. The molecule has 142 valence electrons. The van der Waals surface area contributed by atoms with E-state index >= 15 is 0 Å². The molecule has 0 aliphatic rings. The SMILES string of the molecule is Cc1cc(C(=O)NC[C@H](C(C)C)N(C)C)cc(S(=O)(=O)N(C)C)c1C. The van der Waals surface area contributed by atoms with Gasteiger partial charge in [-0.15, -0.1) is 0 Å². The smallest absolute Gasteiger partial charge is 0.251 e. The van der Waals surface area contributed by atoms with Crippen molar-refractivity contribution >= 4 is 15.9 Å². The maximum atomic E-state index is 12.6. The highest BCUT2D eigenvalue weighted by molar-refractivity contribution is 7.89. The van der Waals surface area contributed by atoms with Crippen LogP contribution in [-0.4, -0.2) is 64.3 Å². The molecule has 0 aromatic heterocycles. The number of hydrogen-bond acceptors (Lipinski definition) is 4. The summed E-state index contributed by atoms with van der Waals surface area (Å²) in [6.07, 6.45) is 0. The van der Waals surface area contributed by atoms with Crippen molar-refractivity contribution in [3.05, 3.63) is 28.8 Å². The first-order chi connectivity index (χ1) is 11.4. The van der Waals surface area contributed by atoms with E-state index in [1.165, 1.54) is 20.2 Å². The molecule has 1 amide bonds. The number of carbonyl (C=O) groups is 1. The number of benzene rings is 1. The molecule has 0 fully saturated rings. The van der Waals surface area contributed by atoms with Crippen LogP contribution in [0.1, 0.15) is 35.3 Å². The van der Waals surface area contributed by atoms with E-state index in [2.05, 4.69) is 24.1 Å². The Morgan fingerprint density at radius 2 is 1.68 bits per heavy atom. The highest BCUT2D eigenvalue weighted by Gasteiger charge is 2.23. The fourth-order valence-electron chi connectivity index (χ4n) is 2.74. The van der Waals surface area contributed by atoms with E-state index in [4.69, 9.17) is 0 Å². The zero-order chi connectivity index (χ0) is 19.5. The van der Waals surface area contributed by atoms with Crippen LogP contribution in [0.3, 0.4) is 0 Å². The van der Waals surface area contributed by atoms with E-state index in [0.29, 0.717) is 23.6 Å². The van der Waals surface area contributed by atoms with Gasteiger partial charge in [0.2, 0.25) is 10.0 Å². The van der Waals surface area contributed by atoms with Crippen molar-refractivity contribution in [3.63, 3.8) is 0 Å². The van der Waals surface area contributed by atoms with Crippen LogP contribution in [0.15, 0.2) is 17.0 Å². The highest BCUT2D eigenvalue weighted by atomic mass is 32.2. The second kappa shape index (κ2) is 8.29. The minimum atomic E-state index is -3.60. The summed E-state index contributed by atoms with van der Waals surface area (Å²) in [5.74, 6) is 0.130. The zero-order valence-corrected chi connectivity index (χ0v) is 17.4. The van der Waals surface area contributed by atoms with Gasteiger partial charge in [0.25, 0.3) is 5.91 Å². The normalized spacial score (nSPS) is 13.6. The first-order valence-corrected chi connectivity index (χ1v) is 9.82. The van der Waals surface area contributed by atoms with Crippen molar-refractivity contribution in [1.82, 2.24) is 14.5 Å². The van der Waals surface area contributed by atoms with E-state index in [0.717, 1.165) is 9.87 Å². The summed E-state index contributed by atoms with van der Waals surface area (Å²) >= 11 is 0. The average Bonchev–Trinajstić information content (AvgIpc) is 2.48. The van der Waals surface area contributed by atoms with Gasteiger partial charge in [0.1, 0.15) is 0 Å². The zero-order valence-electron chi connectivity index (χ0n) is 16.5. The molecule has 6 nitrogen and oxygen atoms in total. The van der Waals surface area contributed by atoms with Crippen molar-refractivity contribution < 1.29 is 13.2 Å². The van der Waals surface area contributed by atoms with Gasteiger partial charge in [-0.1, -0.05) is 13.8 Å². The molecule has 1 aromatic carbocycles. The third-order valence-corrected chi connectivity index (χ3v) is 6.49. The van der Waals surface area contributed by atoms with Crippen LogP contribution in [-0.2, 0) is 10.0 Å². The van der Waals surface area contributed by atoms with Crippen LogP contribution >= 0.6 is 0 Å². The second-order valence-electron chi connectivity index (χ2n) is 7.19. The number of nitrogens with zero attached hydrogens (tertiary/aromatic N) is 2. The molecule has 1 atom stereocenters. The summed E-state index contributed by atoms with van der Waals surface area (Å²) in [6.45, 7) is 8.29. The molecule has 1 N–H and O–H groups in total. The first kappa shape index (κ1) is 21.6. The van der Waals surface area contributed by atoms with Crippen LogP contribution in [0.5, 0.6) is 0 Å². The summed E-state index contributed by atoms with van der Waals surface area (Å²) < 4.78 is 26.2. The molecule has 25 heavy (non-hydrogen) atoms. The quantitative estimate of drug-likeness (QED) is 0.797. The molecule has 0 bridgehead atoms. The maximum Gasteiger partial charge on any atom is 0.251 e. The monoisotopic (exact) mass is 369 g/mol. The molecule has 0 saturated heterocycles. The van der Waals surface area contributed by atoms with Crippen molar-refractivity contribution in [2.75, 3.05) is 34.7 Å². The molecule has 0 saturated carbocycles. The van der Waals surface area contributed by atoms with Gasteiger partial charge < -0.3 is 10.2 Å². The Kier molecular flexibility index (Phi) is 7.17. The Morgan fingerprint density at radius 1 is 1.12 bits per heavy atom. The van der Waals surface area contributed by atoms with Gasteiger partial charge in [0, 0.05) is 32.2 Å². The summed E-state index contributed by atoms with van der Waals surface area (Å²) in [5, 5.41) is 2.93. The number of carbonyl (C=O) groups excluding carboxylic acids is 1. The molecule has 0 unspecified atom stereocenters. The van der Waals surface area contributed by atoms with Crippen molar-refractivity contribution in [1.29, 1.82) is 0 Å². The van der Waals surface area contributed by atoms with E-state index in [-0.39, 0.29) is 16.8 Å². The summed E-state index contributed by atoms with van der Waals surface area (Å²) in [5.41, 5.74) is 1.81. The van der Waals surface area contributed by atoms with Gasteiger partial charge in [0.15, 0.2) is 0 Å². The van der Waals surface area contributed by atoms with E-state index in [1.54, 1.807) is 13.0 Å². The van der Waals surface area contributed by atoms with Crippen LogP contribution in [0.25, 0.3) is 0 Å². The molecule has 1 rings (SSSR count). The van der Waals surface area contributed by atoms with E-state index in [1.807, 2.05) is 21.0 Å². The second-order valence-corrected chi connectivity index (χ2v) is 9.31. The van der Waals surface area contributed by atoms with E-state index < -0.39 is 10.0 Å². The Bertz CT molecular complexity index is 717. The van der Waals surface area contributed by atoms with Gasteiger partial charge in [-0.2, -0.15) is 0 Å². The number of sulfonamides is 1. The summed E-state index contributed by atoms with van der Waals surface area (Å²) in [6, 6.07) is 3.41. The van der Waals surface area contributed by atoms with E-state index in [9.17, 15) is 13.2 Å². The lowest BCUT2D eigenvalue weighted by Gasteiger charge is -2.28. The Morgan fingerprint density at radius 3 is 2.12 bits per heavy atom. The Balaban J connectivity index is 3.14. The van der Waals surface area contributed by atoms with Gasteiger partial charge >= 0.3 is 0 Å². The molecule has 0 spiro atoms. The van der Waals surface area contributed by atoms with Crippen LogP contribution < -0.4 is 5.32 Å². The fourth-order valence-corrected chi connectivity index (χ4v) is 3.95. The number of amides is 1. The van der Waals surface area contributed by atoms with Crippen LogP contribution in [0.2, 0.25) is 0 Å². The topological polar surface area (TPSA) is 69.7 Å². The van der Waals surface area contributed by atoms with Crippen LogP contribution in [0.4, 0.5) is 0 Å². The highest BCUT2D eigenvalue weighted by Crippen LogP contribution is 2.23. The maximum absolute atomic E-state index is 12.6. The molecule has 0 aliphatic carbocycles. The molecular weight excluding hydrogens is 338 g/mol. The first-order valence-electron chi connectivity index (χ1n) is 8.38. The third kappa shape index (κ3) is 5.03. The third-order valence-electron chi connectivity index (χ3n) is 4.55. The van der Waals surface area contributed by atoms with Gasteiger partial charge in [0.05, 0.1) is 4.90 Å². The molecule has 0 heterocycles. The number of nitrogens with one attached hydrogen (secondary N) is 1. The lowest BCUT2D eigenvalue weighted by molar-refractivity contribution is 0.0934. The number of likely N-dealkylation sites (N-methyl/N-ethyl adjacent to an activating group) is 1. The summed E-state index contributed by atoms with van der Waals surface area (Å²) in [4.78, 5) is 14.8. The van der Waals surface area contributed by atoms with Gasteiger partial charge in [-0.25, -0.2) is 12.7 Å². The van der Waals surface area contributed by atoms with Crippen LogP contribution in [0, 0.1) is 19.8 Å². The minimum absolute atomic E-state index is 0.177. The van der Waals surface area contributed by atoms with Crippen molar-refractivity contribution in [2.45, 2.75) is 38.6 Å². The van der Waals surface area contributed by atoms with Gasteiger partial charge in [-0.3, -0.25) is 4.79 Å². The predicted octanol–water partition coefficient (Wildman–Crippen LogP) is 1.87. The standard InChI is InChI=1S/C18H31N3O3S/c1-12(2)16(20(5)6)11-19-18(22)15-9-13(3)14(4)17(10-15)25(23,24)21(7)8/h9-10,12,16H,11H2,1-8H3,(H,19,22)/t16-/m1/s1. The molecular formula is C18H31N3O3S. The van der Waals surface area contributed by atoms with Crippen molar-refractivity contribution in [2.24, 2.45) is 5.92 Å². The summed E-state index contributed by atoms with van der Waals surface area (Å²) in [7, 11) is 3.34. The molecule has 1 aromatic rings. The lowest BCUT2D eigenvalue weighted by atomic mass is 10.0. The predicted molar refractivity (Wildman–Crippen MR) is 101 cm³/mol. The fraction of sp³-hybridized carbons (Fsp3) is 0.611. The number of hydrogen-bond donors (Lipinski definition) is 1. The Hall–Kier alpha value is -1.44. The number of aryl methyl sites for hydroxylation is 1. The minimum Gasteiger partial charge on any atom is -0.350 e. The number of rotatable bonds is 7. The average molecular weight is 370 g/mol. The molecule has 0 aliphatic heterocycles. The Labute approximate surface area is 152 Å². The van der Waals surface area contributed by atoms with Crippen molar-refractivity contribution in [3.8, 4) is 0 Å². The van der Waals surface area contributed by atoms with Gasteiger partial charge in [-0.05, 0) is 57.1 Å². The lowest BCUT2D eigenvalue weighted by Crippen LogP contribution is -2.43. The largest absolute Gasteiger partial charge is 0.350 e.